The highest BCUT2D eigenvalue weighted by atomic mass is 32.2. The first-order valence-electron chi connectivity index (χ1n) is 15.4. The quantitative estimate of drug-likeness (QED) is 0.253. The first kappa shape index (κ1) is 31.7. The minimum absolute atomic E-state index is 0.102. The van der Waals surface area contributed by atoms with Gasteiger partial charge in [-0.15, -0.1) is 13.2 Å². The highest BCUT2D eigenvalue weighted by molar-refractivity contribution is 7.91. The maximum atomic E-state index is 13.9. The van der Waals surface area contributed by atoms with Crippen molar-refractivity contribution >= 4 is 39.5 Å². The summed E-state index contributed by atoms with van der Waals surface area (Å²) in [6.45, 7) is 8.45. The Bertz CT molecular complexity index is 1440. The van der Waals surface area contributed by atoms with Gasteiger partial charge in [-0.25, -0.2) is 13.2 Å². The smallest absolute Gasteiger partial charge is 0.414 e. The molecule has 238 valence electrons. The maximum Gasteiger partial charge on any atom is 0.414 e. The Labute approximate surface area is 259 Å². The van der Waals surface area contributed by atoms with Crippen LogP contribution in [-0.2, 0) is 35.6 Å². The molecule has 5 rings (SSSR count). The van der Waals surface area contributed by atoms with Crippen LogP contribution in [0.3, 0.4) is 0 Å². The van der Waals surface area contributed by atoms with E-state index in [1.54, 1.807) is 16.8 Å². The van der Waals surface area contributed by atoms with E-state index in [4.69, 9.17) is 4.74 Å². The van der Waals surface area contributed by atoms with Crippen molar-refractivity contribution in [3.8, 4) is 0 Å². The van der Waals surface area contributed by atoms with E-state index < -0.39 is 62.6 Å². The number of benzene rings is 1. The fraction of sp³-hybridized carbons (Fsp3) is 0.562. The number of nitrogens with one attached hydrogen (secondary N) is 2. The van der Waals surface area contributed by atoms with E-state index >= 15 is 0 Å². The van der Waals surface area contributed by atoms with Gasteiger partial charge in [0.2, 0.25) is 21.8 Å². The first-order valence-corrected chi connectivity index (χ1v) is 17.0. The Morgan fingerprint density at radius 3 is 2.52 bits per heavy atom. The molecule has 0 radical (unpaired) electrons. The number of carbonyl (C=O) groups is 4. The summed E-state index contributed by atoms with van der Waals surface area (Å²) in [5, 5.41) is 2.20. The van der Waals surface area contributed by atoms with E-state index in [2.05, 4.69) is 23.2 Å². The molecule has 12 heteroatoms. The number of anilines is 1. The molecule has 1 heterocycles. The molecule has 0 spiro atoms. The number of fused-ring (bicyclic) bond motifs is 1. The highest BCUT2D eigenvalue weighted by Gasteiger charge is 2.62. The molecular weight excluding hydrogens is 584 g/mol. The summed E-state index contributed by atoms with van der Waals surface area (Å²) < 4.78 is 33.1. The molecule has 1 aliphatic heterocycles. The van der Waals surface area contributed by atoms with Crippen molar-refractivity contribution in [2.75, 3.05) is 25.0 Å². The Balaban J connectivity index is 1.31. The van der Waals surface area contributed by atoms with Crippen molar-refractivity contribution in [1.82, 2.24) is 14.9 Å². The van der Waals surface area contributed by atoms with Gasteiger partial charge in [-0.1, -0.05) is 30.4 Å². The largest absolute Gasteiger partial charge is 0.446 e. The van der Waals surface area contributed by atoms with Gasteiger partial charge in [-0.3, -0.25) is 24.0 Å². The van der Waals surface area contributed by atoms with Crippen LogP contribution in [0.5, 0.6) is 0 Å². The van der Waals surface area contributed by atoms with E-state index in [-0.39, 0.29) is 25.2 Å². The molecular formula is C32H42N4O7S. The third kappa shape index (κ3) is 6.55. The Hall–Kier alpha value is -3.67. The lowest BCUT2D eigenvalue weighted by atomic mass is 9.93. The fourth-order valence-corrected chi connectivity index (χ4v) is 7.81. The third-order valence-electron chi connectivity index (χ3n) is 9.33. The molecule has 1 aromatic carbocycles. The molecule has 3 saturated carbocycles. The lowest BCUT2D eigenvalue weighted by molar-refractivity contribution is -0.140. The summed E-state index contributed by atoms with van der Waals surface area (Å²) in [6.07, 6.45) is 6.76. The van der Waals surface area contributed by atoms with Crippen LogP contribution in [0.4, 0.5) is 10.5 Å². The van der Waals surface area contributed by atoms with Gasteiger partial charge in [0.1, 0.15) is 11.6 Å². The molecule has 3 aliphatic carbocycles. The number of unbranched alkanes of at least 4 members (excludes halogenated alkanes) is 2. The first-order chi connectivity index (χ1) is 21.0. The monoisotopic (exact) mass is 626 g/mol. The summed E-state index contributed by atoms with van der Waals surface area (Å²) in [4.78, 5) is 57.2. The van der Waals surface area contributed by atoms with Gasteiger partial charge in [-0.2, -0.15) is 0 Å². The van der Waals surface area contributed by atoms with Crippen molar-refractivity contribution in [3.05, 3.63) is 55.1 Å². The number of ether oxygens (including phenoxy) is 1. The Morgan fingerprint density at radius 1 is 1.11 bits per heavy atom. The van der Waals surface area contributed by atoms with E-state index in [9.17, 15) is 27.6 Å². The van der Waals surface area contributed by atoms with Crippen LogP contribution >= 0.6 is 0 Å². The van der Waals surface area contributed by atoms with Crippen molar-refractivity contribution in [3.63, 3.8) is 0 Å². The number of amides is 4. The normalized spacial score (nSPS) is 27.2. The van der Waals surface area contributed by atoms with Gasteiger partial charge in [0.25, 0.3) is 5.91 Å². The van der Waals surface area contributed by atoms with Crippen LogP contribution in [0.2, 0.25) is 0 Å². The zero-order valence-electron chi connectivity index (χ0n) is 25.2. The second-order valence-corrected chi connectivity index (χ2v) is 14.4. The summed E-state index contributed by atoms with van der Waals surface area (Å²) in [5.74, 6) is -3.68. The second kappa shape index (κ2) is 12.7. The number of hydrogen-bond acceptors (Lipinski definition) is 7. The molecule has 11 nitrogen and oxygen atoms in total. The predicted octanol–water partition coefficient (Wildman–Crippen LogP) is 3.06. The average Bonchev–Trinajstić information content (AvgIpc) is 3.89. The molecule has 1 aromatic rings. The van der Waals surface area contributed by atoms with Gasteiger partial charge < -0.3 is 15.0 Å². The van der Waals surface area contributed by atoms with Crippen LogP contribution in [0, 0.1) is 17.8 Å². The van der Waals surface area contributed by atoms with Crippen molar-refractivity contribution in [2.45, 2.75) is 74.7 Å². The molecule has 0 bridgehead atoms. The number of allylic oxidation sites excluding steroid dienone is 1. The van der Waals surface area contributed by atoms with Gasteiger partial charge >= 0.3 is 6.09 Å². The molecule has 2 N–H and O–H groups in total. The summed E-state index contributed by atoms with van der Waals surface area (Å²) in [6, 6.07) is 7.61. The Kier molecular flexibility index (Phi) is 9.20. The van der Waals surface area contributed by atoms with E-state index in [1.165, 1.54) is 6.08 Å². The zero-order valence-corrected chi connectivity index (χ0v) is 26.0. The molecule has 0 unspecified atom stereocenters. The maximum absolute atomic E-state index is 13.9. The van der Waals surface area contributed by atoms with Crippen LogP contribution in [0.15, 0.2) is 49.6 Å². The van der Waals surface area contributed by atoms with Crippen LogP contribution < -0.4 is 14.9 Å². The van der Waals surface area contributed by atoms with Gasteiger partial charge in [0, 0.05) is 26.1 Å². The zero-order chi connectivity index (χ0) is 31.6. The van der Waals surface area contributed by atoms with Crippen molar-refractivity contribution < 1.29 is 32.3 Å². The Morgan fingerprint density at radius 2 is 1.84 bits per heavy atom. The molecule has 44 heavy (non-hydrogen) atoms. The van der Waals surface area contributed by atoms with E-state index in [1.807, 2.05) is 30.3 Å². The lowest BCUT2D eigenvalue weighted by Gasteiger charge is -2.26. The average molecular weight is 627 g/mol. The standard InChI is InChI=1S/C32H42N4O7S/c1-4-6-7-10-16-35(3)29(38)26-19-23(43-31(40)36-17-15-21-11-8-9-12-27(21)36)18-25(26)28(37)33-32(20-22(32)5-2)30(39)34-44(41,42)24-13-14-24/h4-5,8-9,11-12,22-26H,1-2,6-7,10,13-20H2,3H3,(H,33,37)(H,34,39)/t22-,23-,25-,26-,32-/m1/s1. The SMILES string of the molecule is C=CCCCCN(C)C(=O)[C@@H]1C[C@H](OC(=O)N2CCc3ccccc32)C[C@H]1C(=O)N[C@]1(C(=O)NS(=O)(=O)C2CC2)C[C@H]1C=C. The second-order valence-electron chi connectivity index (χ2n) is 12.4. The van der Waals surface area contributed by atoms with E-state index in [0.29, 0.717) is 32.4 Å². The van der Waals surface area contributed by atoms with Crippen molar-refractivity contribution in [1.29, 1.82) is 0 Å². The van der Waals surface area contributed by atoms with Gasteiger partial charge in [0.05, 0.1) is 22.8 Å². The predicted molar refractivity (Wildman–Crippen MR) is 165 cm³/mol. The van der Waals surface area contributed by atoms with Gasteiger partial charge in [-0.05, 0) is 69.4 Å². The number of nitrogens with zero attached hydrogens (tertiary/aromatic N) is 2. The van der Waals surface area contributed by atoms with E-state index in [0.717, 1.165) is 30.5 Å². The molecule has 0 aromatic heterocycles. The topological polar surface area (TPSA) is 142 Å². The van der Waals surface area contributed by atoms with Crippen LogP contribution in [0.25, 0.3) is 0 Å². The number of rotatable bonds is 13. The van der Waals surface area contributed by atoms with Crippen LogP contribution in [-0.4, -0.2) is 74.2 Å². The van der Waals surface area contributed by atoms with Crippen LogP contribution in [0.1, 0.15) is 56.9 Å². The molecule has 5 atom stereocenters. The minimum Gasteiger partial charge on any atom is -0.446 e. The molecule has 4 aliphatic rings. The van der Waals surface area contributed by atoms with Crippen molar-refractivity contribution in [2.24, 2.45) is 17.8 Å². The summed E-state index contributed by atoms with van der Waals surface area (Å²) in [7, 11) is -2.14. The number of para-hydroxylation sites is 1. The lowest BCUT2D eigenvalue weighted by Crippen LogP contribution is -2.54. The minimum atomic E-state index is -3.83. The number of carbonyl (C=O) groups excluding carboxylic acids is 4. The highest BCUT2D eigenvalue weighted by Crippen LogP contribution is 2.46. The fourth-order valence-electron chi connectivity index (χ4n) is 6.44. The molecule has 4 amide bonds. The third-order valence-corrected chi connectivity index (χ3v) is 11.1. The summed E-state index contributed by atoms with van der Waals surface area (Å²) >= 11 is 0. The molecule has 3 fully saturated rings. The number of hydrogen-bond donors (Lipinski definition) is 2. The van der Waals surface area contributed by atoms with Gasteiger partial charge in [0.15, 0.2) is 0 Å². The molecule has 0 saturated heterocycles. The number of sulfonamides is 1. The summed E-state index contributed by atoms with van der Waals surface area (Å²) in [5.41, 5.74) is 0.377.